The molecular weight excluding hydrogens is 214 g/mol. The Morgan fingerprint density at radius 3 is 3.14 bits per heavy atom. The summed E-state index contributed by atoms with van der Waals surface area (Å²) in [5.41, 5.74) is 0. The number of nitrogens with one attached hydrogen (secondary N) is 1. The quantitative estimate of drug-likeness (QED) is 0.731. The summed E-state index contributed by atoms with van der Waals surface area (Å²) in [6.45, 7) is 0.739. The minimum atomic E-state index is -0.220. The summed E-state index contributed by atoms with van der Waals surface area (Å²) in [7, 11) is 0. The molecule has 1 saturated carbocycles. The lowest BCUT2D eigenvalue weighted by Gasteiger charge is -2.09. The summed E-state index contributed by atoms with van der Waals surface area (Å²) in [6.07, 6.45) is 2.35. The van der Waals surface area contributed by atoms with Crippen molar-refractivity contribution in [1.82, 2.24) is 5.32 Å². The second kappa shape index (κ2) is 5.16. The average molecular weight is 229 g/mol. The number of aliphatic hydroxyl groups is 1. The van der Waals surface area contributed by atoms with Gasteiger partial charge in [0.15, 0.2) is 0 Å². The second-order valence-electron chi connectivity index (χ2n) is 3.58. The lowest BCUT2D eigenvalue weighted by molar-refractivity contribution is 0.195. The van der Waals surface area contributed by atoms with Gasteiger partial charge in [-0.2, -0.15) is 0 Å². The Hall–Kier alpha value is -0.0300. The van der Waals surface area contributed by atoms with Crippen molar-refractivity contribution in [3.63, 3.8) is 0 Å². The van der Waals surface area contributed by atoms with Crippen molar-refractivity contribution in [2.24, 2.45) is 0 Å². The van der Waals surface area contributed by atoms with Crippen LogP contribution >= 0.6 is 23.1 Å². The molecule has 4 heteroatoms. The van der Waals surface area contributed by atoms with Crippen LogP contribution in [0.5, 0.6) is 0 Å². The lowest BCUT2D eigenvalue weighted by atomic mass is 10.4. The molecule has 0 spiro atoms. The minimum Gasteiger partial charge on any atom is -0.391 e. The van der Waals surface area contributed by atoms with Crippen molar-refractivity contribution >= 4 is 23.1 Å². The van der Waals surface area contributed by atoms with Gasteiger partial charge in [0.2, 0.25) is 0 Å². The molecule has 1 atom stereocenters. The predicted molar refractivity (Wildman–Crippen MR) is 62.1 cm³/mol. The number of hydrogen-bond donors (Lipinski definition) is 2. The van der Waals surface area contributed by atoms with Gasteiger partial charge in [-0.1, -0.05) is 6.07 Å². The first kappa shape index (κ1) is 10.5. The van der Waals surface area contributed by atoms with Gasteiger partial charge in [0.1, 0.15) is 0 Å². The van der Waals surface area contributed by atoms with Crippen LogP contribution in [-0.2, 0) is 0 Å². The SMILES string of the molecule is OC(CNC1CC1)CSc1cccs1. The molecule has 0 radical (unpaired) electrons. The van der Waals surface area contributed by atoms with Gasteiger partial charge < -0.3 is 10.4 Å². The van der Waals surface area contributed by atoms with Crippen LogP contribution in [0.15, 0.2) is 21.7 Å². The Morgan fingerprint density at radius 1 is 1.64 bits per heavy atom. The smallest absolute Gasteiger partial charge is 0.0758 e. The molecule has 14 heavy (non-hydrogen) atoms. The van der Waals surface area contributed by atoms with Crippen molar-refractivity contribution in [3.8, 4) is 0 Å². The van der Waals surface area contributed by atoms with Gasteiger partial charge in [0, 0.05) is 18.3 Å². The number of hydrogen-bond acceptors (Lipinski definition) is 4. The van der Waals surface area contributed by atoms with E-state index in [-0.39, 0.29) is 6.10 Å². The maximum absolute atomic E-state index is 9.65. The summed E-state index contributed by atoms with van der Waals surface area (Å²) in [5.74, 6) is 0.792. The highest BCUT2D eigenvalue weighted by atomic mass is 32.2. The zero-order valence-electron chi connectivity index (χ0n) is 7.98. The van der Waals surface area contributed by atoms with E-state index in [4.69, 9.17) is 0 Å². The molecule has 2 rings (SSSR count). The van der Waals surface area contributed by atoms with E-state index < -0.39 is 0 Å². The highest BCUT2D eigenvalue weighted by Gasteiger charge is 2.21. The normalized spacial score (nSPS) is 18.4. The Bertz CT molecular complexity index is 259. The maximum atomic E-state index is 9.65. The van der Waals surface area contributed by atoms with Crippen molar-refractivity contribution in [3.05, 3.63) is 17.5 Å². The monoisotopic (exact) mass is 229 g/mol. The molecule has 1 aromatic rings. The van der Waals surface area contributed by atoms with E-state index in [1.807, 2.05) is 6.07 Å². The van der Waals surface area contributed by atoms with E-state index in [1.54, 1.807) is 23.1 Å². The molecular formula is C10H15NOS2. The van der Waals surface area contributed by atoms with Crippen LogP contribution in [0.1, 0.15) is 12.8 Å². The molecule has 78 valence electrons. The molecule has 1 aliphatic carbocycles. The lowest BCUT2D eigenvalue weighted by Crippen LogP contribution is -2.29. The van der Waals surface area contributed by atoms with Gasteiger partial charge in [0.25, 0.3) is 0 Å². The molecule has 2 N–H and O–H groups in total. The number of rotatable bonds is 6. The van der Waals surface area contributed by atoms with Gasteiger partial charge in [-0.15, -0.1) is 23.1 Å². The summed E-state index contributed by atoms with van der Waals surface area (Å²) in [5, 5.41) is 15.0. The fraction of sp³-hybridized carbons (Fsp3) is 0.600. The highest BCUT2D eigenvalue weighted by molar-refractivity contribution is 8.01. The standard InChI is InChI=1S/C10H15NOS2/c12-9(6-11-8-3-4-8)7-14-10-2-1-5-13-10/h1-2,5,8-9,11-12H,3-4,6-7H2. The zero-order chi connectivity index (χ0) is 9.80. The molecule has 0 bridgehead atoms. The van der Waals surface area contributed by atoms with E-state index >= 15 is 0 Å². The molecule has 1 unspecified atom stereocenters. The Kier molecular flexibility index (Phi) is 3.87. The summed E-state index contributed by atoms with van der Waals surface area (Å²) in [4.78, 5) is 0. The van der Waals surface area contributed by atoms with Gasteiger partial charge in [-0.25, -0.2) is 0 Å². The Balaban J connectivity index is 1.59. The summed E-state index contributed by atoms with van der Waals surface area (Å²) in [6, 6.07) is 4.83. The number of aliphatic hydroxyl groups excluding tert-OH is 1. The maximum Gasteiger partial charge on any atom is 0.0758 e. The molecule has 0 saturated heterocycles. The largest absolute Gasteiger partial charge is 0.391 e. The third-order valence-electron chi connectivity index (χ3n) is 2.13. The first-order valence-electron chi connectivity index (χ1n) is 4.92. The fourth-order valence-electron chi connectivity index (χ4n) is 1.17. The predicted octanol–water partition coefficient (Wildman–Crippen LogP) is 1.95. The molecule has 0 aromatic carbocycles. The number of thioether (sulfide) groups is 1. The average Bonchev–Trinajstić information content (AvgIpc) is 2.87. The fourth-order valence-corrected chi connectivity index (χ4v) is 2.91. The first-order valence-corrected chi connectivity index (χ1v) is 6.79. The van der Waals surface area contributed by atoms with Crippen molar-refractivity contribution < 1.29 is 5.11 Å². The molecule has 1 fully saturated rings. The van der Waals surface area contributed by atoms with Crippen LogP contribution in [0.25, 0.3) is 0 Å². The van der Waals surface area contributed by atoms with E-state index in [0.717, 1.165) is 12.3 Å². The molecule has 1 aromatic heterocycles. The van der Waals surface area contributed by atoms with Crippen molar-refractivity contribution in [2.75, 3.05) is 12.3 Å². The molecule has 0 aliphatic heterocycles. The van der Waals surface area contributed by atoms with Crippen LogP contribution < -0.4 is 5.32 Å². The van der Waals surface area contributed by atoms with Gasteiger partial charge in [-0.3, -0.25) is 0 Å². The topological polar surface area (TPSA) is 32.3 Å². The van der Waals surface area contributed by atoms with E-state index in [0.29, 0.717) is 6.04 Å². The van der Waals surface area contributed by atoms with Crippen molar-refractivity contribution in [1.29, 1.82) is 0 Å². The van der Waals surface area contributed by atoms with Crippen LogP contribution in [0.2, 0.25) is 0 Å². The Morgan fingerprint density at radius 2 is 2.50 bits per heavy atom. The van der Waals surface area contributed by atoms with Gasteiger partial charge in [-0.05, 0) is 24.3 Å². The van der Waals surface area contributed by atoms with Gasteiger partial charge in [0.05, 0.1) is 10.3 Å². The highest BCUT2D eigenvalue weighted by Crippen LogP contribution is 2.24. The van der Waals surface area contributed by atoms with Crippen molar-refractivity contribution in [2.45, 2.75) is 29.2 Å². The Labute approximate surface area is 92.7 Å². The zero-order valence-corrected chi connectivity index (χ0v) is 9.61. The third-order valence-corrected chi connectivity index (χ3v) is 4.41. The van der Waals surface area contributed by atoms with E-state index in [9.17, 15) is 5.11 Å². The molecule has 2 nitrogen and oxygen atoms in total. The number of thiophene rings is 1. The van der Waals surface area contributed by atoms with Gasteiger partial charge >= 0.3 is 0 Å². The van der Waals surface area contributed by atoms with Crippen LogP contribution in [-0.4, -0.2) is 29.5 Å². The minimum absolute atomic E-state index is 0.220. The third kappa shape index (κ3) is 3.61. The van der Waals surface area contributed by atoms with E-state index in [2.05, 4.69) is 16.8 Å². The van der Waals surface area contributed by atoms with Crippen LogP contribution in [0, 0.1) is 0 Å². The van der Waals surface area contributed by atoms with E-state index in [1.165, 1.54) is 17.1 Å². The summed E-state index contributed by atoms with van der Waals surface area (Å²) < 4.78 is 1.29. The molecule has 0 amide bonds. The summed E-state index contributed by atoms with van der Waals surface area (Å²) >= 11 is 3.47. The molecule has 1 heterocycles. The first-order chi connectivity index (χ1) is 6.84. The molecule has 1 aliphatic rings. The van der Waals surface area contributed by atoms with Crippen LogP contribution in [0.3, 0.4) is 0 Å². The second-order valence-corrected chi connectivity index (χ2v) is 5.85. The van der Waals surface area contributed by atoms with Crippen LogP contribution in [0.4, 0.5) is 0 Å².